The summed E-state index contributed by atoms with van der Waals surface area (Å²) in [7, 11) is -1.98. The van der Waals surface area contributed by atoms with Gasteiger partial charge in [-0.15, -0.1) is 0 Å². The van der Waals surface area contributed by atoms with E-state index in [-0.39, 0.29) is 11.4 Å². The predicted molar refractivity (Wildman–Crippen MR) is 79.2 cm³/mol. The number of nitrogens with zero attached hydrogens (tertiary/aromatic N) is 5. The molecule has 0 N–H and O–H groups in total. The van der Waals surface area contributed by atoms with Gasteiger partial charge in [0.25, 0.3) is 0 Å². The highest BCUT2D eigenvalue weighted by Crippen LogP contribution is 2.20. The average molecular weight is 311 g/mol. The molecule has 0 bridgehead atoms. The highest BCUT2D eigenvalue weighted by Gasteiger charge is 2.26. The van der Waals surface area contributed by atoms with Gasteiger partial charge in [0.1, 0.15) is 4.90 Å². The molecule has 0 spiro atoms. The molecule has 2 aromatic heterocycles. The Morgan fingerprint density at radius 2 is 1.86 bits per heavy atom. The molecule has 21 heavy (non-hydrogen) atoms. The minimum atomic E-state index is -3.55. The number of rotatable bonds is 6. The van der Waals surface area contributed by atoms with Gasteiger partial charge >= 0.3 is 0 Å². The number of hydrogen-bond acceptors (Lipinski definition) is 4. The van der Waals surface area contributed by atoms with E-state index < -0.39 is 10.0 Å². The summed E-state index contributed by atoms with van der Waals surface area (Å²) in [6.07, 6.45) is 3.10. The molecule has 0 aliphatic rings. The van der Waals surface area contributed by atoms with E-state index in [0.717, 1.165) is 5.69 Å². The smallest absolute Gasteiger partial charge is 0.246 e. The molecule has 8 heteroatoms. The maximum absolute atomic E-state index is 12.7. The summed E-state index contributed by atoms with van der Waals surface area (Å²) in [6.45, 7) is 7.32. The molecule has 2 heterocycles. The summed E-state index contributed by atoms with van der Waals surface area (Å²) in [5.74, 6) is 0. The van der Waals surface area contributed by atoms with Crippen molar-refractivity contribution in [3.05, 3.63) is 29.8 Å². The Bertz CT molecular complexity index is 717. The summed E-state index contributed by atoms with van der Waals surface area (Å²) in [4.78, 5) is 0.259. The van der Waals surface area contributed by atoms with Crippen LogP contribution in [-0.2, 0) is 29.7 Å². The number of aromatic nitrogens is 4. The van der Waals surface area contributed by atoms with Gasteiger partial charge < -0.3 is 0 Å². The van der Waals surface area contributed by atoms with E-state index in [1.165, 1.54) is 10.5 Å². The Morgan fingerprint density at radius 1 is 1.19 bits per heavy atom. The quantitative estimate of drug-likeness (QED) is 0.805. The van der Waals surface area contributed by atoms with Gasteiger partial charge in [0, 0.05) is 26.3 Å². The number of sulfonamides is 1. The molecule has 0 atom stereocenters. The van der Waals surface area contributed by atoms with Gasteiger partial charge in [-0.05, 0) is 26.8 Å². The average Bonchev–Trinajstić information content (AvgIpc) is 3.04. The van der Waals surface area contributed by atoms with E-state index in [2.05, 4.69) is 10.2 Å². The fourth-order valence-electron chi connectivity index (χ4n) is 2.26. The zero-order valence-electron chi connectivity index (χ0n) is 12.8. The van der Waals surface area contributed by atoms with Crippen LogP contribution in [0.15, 0.2) is 23.4 Å². The highest BCUT2D eigenvalue weighted by atomic mass is 32.2. The first-order valence-electron chi connectivity index (χ1n) is 6.91. The van der Waals surface area contributed by atoms with Gasteiger partial charge in [-0.2, -0.15) is 14.5 Å². The molecule has 2 rings (SSSR count). The van der Waals surface area contributed by atoms with Crippen molar-refractivity contribution in [3.8, 4) is 0 Å². The van der Waals surface area contributed by atoms with Crippen molar-refractivity contribution in [2.45, 2.75) is 45.3 Å². The van der Waals surface area contributed by atoms with Crippen LogP contribution >= 0.6 is 0 Å². The van der Waals surface area contributed by atoms with Crippen molar-refractivity contribution in [2.75, 3.05) is 7.05 Å². The largest absolute Gasteiger partial charge is 0.269 e. The summed E-state index contributed by atoms with van der Waals surface area (Å²) in [5.41, 5.74) is 1.53. The molecule has 7 nitrogen and oxygen atoms in total. The zero-order valence-corrected chi connectivity index (χ0v) is 13.6. The Labute approximate surface area is 125 Å². The van der Waals surface area contributed by atoms with Crippen LogP contribution in [0, 0.1) is 6.92 Å². The first-order chi connectivity index (χ1) is 9.91. The number of aryl methyl sites for hydroxylation is 2. The minimum absolute atomic E-state index is 0.259. The van der Waals surface area contributed by atoms with Crippen molar-refractivity contribution in [3.63, 3.8) is 0 Å². The van der Waals surface area contributed by atoms with Crippen molar-refractivity contribution in [1.29, 1.82) is 0 Å². The van der Waals surface area contributed by atoms with Crippen LogP contribution < -0.4 is 0 Å². The summed E-state index contributed by atoms with van der Waals surface area (Å²) in [6, 6.07) is 1.83. The fraction of sp³-hybridized carbons (Fsp3) is 0.538. The van der Waals surface area contributed by atoms with Gasteiger partial charge in [-0.3, -0.25) is 9.36 Å². The van der Waals surface area contributed by atoms with Crippen molar-refractivity contribution >= 4 is 10.0 Å². The van der Waals surface area contributed by atoms with Crippen LogP contribution in [0.4, 0.5) is 0 Å². The third kappa shape index (κ3) is 2.86. The number of hydrogen-bond donors (Lipinski definition) is 0. The summed E-state index contributed by atoms with van der Waals surface area (Å²) >= 11 is 0. The van der Waals surface area contributed by atoms with E-state index in [9.17, 15) is 8.42 Å². The Hall–Kier alpha value is -1.67. The Morgan fingerprint density at radius 3 is 2.43 bits per heavy atom. The van der Waals surface area contributed by atoms with Crippen LogP contribution in [0.1, 0.15) is 25.2 Å². The van der Waals surface area contributed by atoms with Crippen molar-refractivity contribution < 1.29 is 8.42 Å². The standard InChI is InChI=1S/C13H21N5O2S/c1-5-17-11(3)13(9-15-17)21(19,20)16(4)10-12-7-8-14-18(12)6-2/h7-9H,5-6,10H2,1-4H3. The molecule has 0 amide bonds. The lowest BCUT2D eigenvalue weighted by molar-refractivity contribution is 0.446. The first kappa shape index (κ1) is 15.7. The third-order valence-corrected chi connectivity index (χ3v) is 5.44. The third-order valence-electron chi connectivity index (χ3n) is 3.53. The lowest BCUT2D eigenvalue weighted by Crippen LogP contribution is -2.28. The lowest BCUT2D eigenvalue weighted by Gasteiger charge is -2.17. The molecule has 0 aliphatic carbocycles. The van der Waals surface area contributed by atoms with Crippen LogP contribution in [0.2, 0.25) is 0 Å². The molecule has 0 aromatic carbocycles. The molecule has 116 valence electrons. The molecular weight excluding hydrogens is 290 g/mol. The van der Waals surface area contributed by atoms with E-state index >= 15 is 0 Å². The van der Waals surface area contributed by atoms with Gasteiger partial charge in [0.15, 0.2) is 0 Å². The van der Waals surface area contributed by atoms with Gasteiger partial charge in [-0.25, -0.2) is 8.42 Å². The molecule has 0 fully saturated rings. The molecule has 0 saturated carbocycles. The van der Waals surface area contributed by atoms with Crippen molar-refractivity contribution in [2.24, 2.45) is 0 Å². The van der Waals surface area contributed by atoms with Gasteiger partial charge in [-0.1, -0.05) is 0 Å². The minimum Gasteiger partial charge on any atom is -0.269 e. The highest BCUT2D eigenvalue weighted by molar-refractivity contribution is 7.89. The first-order valence-corrected chi connectivity index (χ1v) is 8.35. The van der Waals surface area contributed by atoms with Gasteiger partial charge in [0.2, 0.25) is 10.0 Å². The Balaban J connectivity index is 2.28. The zero-order chi connectivity index (χ0) is 15.6. The van der Waals surface area contributed by atoms with E-state index in [0.29, 0.717) is 18.8 Å². The van der Waals surface area contributed by atoms with E-state index in [1.807, 2.05) is 19.9 Å². The van der Waals surface area contributed by atoms with Crippen LogP contribution in [0.25, 0.3) is 0 Å². The molecule has 0 aliphatic heterocycles. The van der Waals surface area contributed by atoms with Gasteiger partial charge in [0.05, 0.1) is 24.1 Å². The second-order valence-corrected chi connectivity index (χ2v) is 6.82. The second kappa shape index (κ2) is 5.98. The van der Waals surface area contributed by atoms with Crippen LogP contribution in [0.5, 0.6) is 0 Å². The van der Waals surface area contributed by atoms with Crippen LogP contribution in [0.3, 0.4) is 0 Å². The van der Waals surface area contributed by atoms with E-state index in [1.54, 1.807) is 29.5 Å². The molecule has 0 radical (unpaired) electrons. The Kier molecular flexibility index (Phi) is 4.48. The lowest BCUT2D eigenvalue weighted by atomic mass is 10.4. The molecule has 0 unspecified atom stereocenters. The van der Waals surface area contributed by atoms with Crippen LogP contribution in [-0.4, -0.2) is 39.3 Å². The maximum atomic E-state index is 12.7. The molecular formula is C13H21N5O2S. The normalized spacial score (nSPS) is 12.2. The fourth-order valence-corrected chi connectivity index (χ4v) is 3.56. The second-order valence-electron chi connectivity index (χ2n) is 4.81. The van der Waals surface area contributed by atoms with E-state index in [4.69, 9.17) is 0 Å². The maximum Gasteiger partial charge on any atom is 0.246 e. The SMILES string of the molecule is CCn1nccc1CN(C)S(=O)(=O)c1cnn(CC)c1C. The molecule has 2 aromatic rings. The molecule has 0 saturated heterocycles. The monoisotopic (exact) mass is 311 g/mol. The topological polar surface area (TPSA) is 73.0 Å². The predicted octanol–water partition coefficient (Wildman–Crippen LogP) is 1.25. The summed E-state index contributed by atoms with van der Waals surface area (Å²) in [5, 5.41) is 8.26. The summed E-state index contributed by atoms with van der Waals surface area (Å²) < 4.78 is 30.1. The van der Waals surface area contributed by atoms with Crippen molar-refractivity contribution in [1.82, 2.24) is 23.9 Å².